The van der Waals surface area contributed by atoms with Crippen molar-refractivity contribution < 1.29 is 9.59 Å². The molecule has 1 aromatic rings. The Morgan fingerprint density at radius 2 is 2.09 bits per heavy atom. The van der Waals surface area contributed by atoms with Crippen LogP contribution in [0, 0.1) is 11.8 Å². The van der Waals surface area contributed by atoms with E-state index in [1.807, 2.05) is 25.2 Å². The number of fused-ring (bicyclic) bond motifs is 1. The van der Waals surface area contributed by atoms with Crippen LogP contribution in [0.2, 0.25) is 0 Å². The Bertz CT molecular complexity index is 548. The zero-order chi connectivity index (χ0) is 15.5. The minimum Gasteiger partial charge on any atom is -0.355 e. The van der Waals surface area contributed by atoms with Crippen LogP contribution in [0.25, 0.3) is 0 Å². The zero-order valence-corrected chi connectivity index (χ0v) is 12.7. The van der Waals surface area contributed by atoms with E-state index in [1.165, 1.54) is 5.56 Å². The predicted molar refractivity (Wildman–Crippen MR) is 82.7 cm³/mol. The number of hydrogen-bond donors (Lipinski definition) is 3. The van der Waals surface area contributed by atoms with E-state index >= 15 is 0 Å². The standard InChI is InChI=1S/C16H22N4O2/c1-20-9-12(14-13(10-20)16(22)19-18-14)15(21)17-8-7-11-5-3-2-4-6-11/h2-6,12-14,18H,7-10H2,1H3,(H,17,21)(H,19,22). The summed E-state index contributed by atoms with van der Waals surface area (Å²) in [6.45, 7) is 1.97. The second-order valence-corrected chi connectivity index (χ2v) is 6.12. The van der Waals surface area contributed by atoms with Gasteiger partial charge in [-0.25, -0.2) is 5.43 Å². The minimum atomic E-state index is -0.210. The van der Waals surface area contributed by atoms with Crippen LogP contribution < -0.4 is 16.2 Å². The van der Waals surface area contributed by atoms with Gasteiger partial charge in [0.1, 0.15) is 0 Å². The molecule has 2 aliphatic rings. The third-order valence-corrected chi connectivity index (χ3v) is 4.48. The number of hydrogen-bond acceptors (Lipinski definition) is 4. The van der Waals surface area contributed by atoms with Gasteiger partial charge in [-0.15, -0.1) is 0 Å². The first-order valence-electron chi connectivity index (χ1n) is 7.70. The van der Waals surface area contributed by atoms with E-state index in [-0.39, 0.29) is 29.7 Å². The average molecular weight is 302 g/mol. The van der Waals surface area contributed by atoms with Gasteiger partial charge in [-0.1, -0.05) is 30.3 Å². The lowest BCUT2D eigenvalue weighted by atomic mass is 9.84. The molecule has 0 bridgehead atoms. The van der Waals surface area contributed by atoms with Gasteiger partial charge in [-0.3, -0.25) is 15.0 Å². The number of benzene rings is 1. The third-order valence-electron chi connectivity index (χ3n) is 4.48. The molecule has 22 heavy (non-hydrogen) atoms. The molecule has 0 aromatic heterocycles. The maximum absolute atomic E-state index is 12.5. The second kappa shape index (κ2) is 6.46. The molecule has 6 heteroatoms. The van der Waals surface area contributed by atoms with Gasteiger partial charge >= 0.3 is 0 Å². The Kier molecular flexibility index (Phi) is 4.40. The number of hydrazine groups is 1. The van der Waals surface area contributed by atoms with E-state index in [1.54, 1.807) is 0 Å². The van der Waals surface area contributed by atoms with Gasteiger partial charge < -0.3 is 10.2 Å². The molecule has 3 rings (SSSR count). The smallest absolute Gasteiger partial charge is 0.240 e. The summed E-state index contributed by atoms with van der Waals surface area (Å²) in [5.41, 5.74) is 6.84. The van der Waals surface area contributed by atoms with Crippen molar-refractivity contribution in [3.8, 4) is 0 Å². The Labute approximate surface area is 130 Å². The molecular weight excluding hydrogens is 280 g/mol. The van der Waals surface area contributed by atoms with E-state index in [0.717, 1.165) is 6.42 Å². The van der Waals surface area contributed by atoms with Crippen molar-refractivity contribution in [2.45, 2.75) is 12.5 Å². The summed E-state index contributed by atoms with van der Waals surface area (Å²) >= 11 is 0. The Balaban J connectivity index is 1.56. The fourth-order valence-electron chi connectivity index (χ4n) is 3.30. The minimum absolute atomic E-state index is 0.0152. The van der Waals surface area contributed by atoms with Crippen LogP contribution in [0.4, 0.5) is 0 Å². The van der Waals surface area contributed by atoms with Crippen molar-refractivity contribution in [2.24, 2.45) is 11.8 Å². The Morgan fingerprint density at radius 3 is 2.86 bits per heavy atom. The molecule has 0 aliphatic carbocycles. The van der Waals surface area contributed by atoms with Crippen molar-refractivity contribution >= 4 is 11.8 Å². The zero-order valence-electron chi connectivity index (χ0n) is 12.7. The van der Waals surface area contributed by atoms with Crippen LogP contribution in [-0.4, -0.2) is 49.4 Å². The molecule has 2 aliphatic heterocycles. The molecule has 3 N–H and O–H groups in total. The normalized spacial score (nSPS) is 28.0. The van der Waals surface area contributed by atoms with Crippen molar-refractivity contribution in [1.29, 1.82) is 0 Å². The number of amides is 2. The Hall–Kier alpha value is -1.92. The molecule has 6 nitrogen and oxygen atoms in total. The second-order valence-electron chi connectivity index (χ2n) is 6.12. The van der Waals surface area contributed by atoms with Crippen LogP contribution in [0.3, 0.4) is 0 Å². The first-order chi connectivity index (χ1) is 10.6. The molecule has 2 heterocycles. The number of carbonyl (C=O) groups is 2. The summed E-state index contributed by atoms with van der Waals surface area (Å²) in [4.78, 5) is 26.3. The lowest BCUT2D eigenvalue weighted by Crippen LogP contribution is -2.56. The maximum atomic E-state index is 12.5. The summed E-state index contributed by atoms with van der Waals surface area (Å²) in [6.07, 6.45) is 0.813. The molecular formula is C16H22N4O2. The molecule has 2 saturated heterocycles. The monoisotopic (exact) mass is 302 g/mol. The number of likely N-dealkylation sites (tertiary alicyclic amines) is 1. The molecule has 2 fully saturated rings. The first-order valence-corrected chi connectivity index (χ1v) is 7.70. The van der Waals surface area contributed by atoms with E-state index in [0.29, 0.717) is 19.6 Å². The van der Waals surface area contributed by atoms with Gasteiger partial charge in [-0.05, 0) is 19.0 Å². The van der Waals surface area contributed by atoms with Crippen LogP contribution in [0.5, 0.6) is 0 Å². The highest BCUT2D eigenvalue weighted by Gasteiger charge is 2.46. The molecule has 118 valence electrons. The van der Waals surface area contributed by atoms with Gasteiger partial charge in [-0.2, -0.15) is 0 Å². The summed E-state index contributed by atoms with van der Waals surface area (Å²) < 4.78 is 0. The lowest BCUT2D eigenvalue weighted by molar-refractivity contribution is -0.129. The largest absolute Gasteiger partial charge is 0.355 e. The van der Waals surface area contributed by atoms with Gasteiger partial charge in [0.2, 0.25) is 11.8 Å². The molecule has 1 aromatic carbocycles. The molecule has 3 unspecified atom stereocenters. The molecule has 0 saturated carbocycles. The molecule has 3 atom stereocenters. The van der Waals surface area contributed by atoms with Gasteiger partial charge in [0.25, 0.3) is 0 Å². The van der Waals surface area contributed by atoms with Gasteiger partial charge in [0, 0.05) is 19.6 Å². The third kappa shape index (κ3) is 3.13. The molecule has 0 radical (unpaired) electrons. The van der Waals surface area contributed by atoms with E-state index in [4.69, 9.17) is 0 Å². The Morgan fingerprint density at radius 1 is 1.32 bits per heavy atom. The number of nitrogens with one attached hydrogen (secondary N) is 3. The van der Waals surface area contributed by atoms with Gasteiger partial charge in [0.15, 0.2) is 0 Å². The van der Waals surface area contributed by atoms with Crippen molar-refractivity contribution in [1.82, 2.24) is 21.1 Å². The lowest BCUT2D eigenvalue weighted by Gasteiger charge is -2.36. The number of rotatable bonds is 4. The van der Waals surface area contributed by atoms with E-state index < -0.39 is 0 Å². The van der Waals surface area contributed by atoms with Crippen molar-refractivity contribution in [3.05, 3.63) is 35.9 Å². The SMILES string of the molecule is CN1CC(C(=O)NCCc2ccccc2)C2NNC(=O)C2C1. The summed E-state index contributed by atoms with van der Waals surface area (Å²) in [5, 5.41) is 3.00. The van der Waals surface area contributed by atoms with Crippen molar-refractivity contribution in [3.63, 3.8) is 0 Å². The number of carbonyl (C=O) groups excluding carboxylic acids is 2. The van der Waals surface area contributed by atoms with Crippen LogP contribution >= 0.6 is 0 Å². The summed E-state index contributed by atoms with van der Waals surface area (Å²) in [5.74, 6) is -0.359. The summed E-state index contributed by atoms with van der Waals surface area (Å²) in [6, 6.07) is 9.97. The number of piperidine rings is 1. The highest BCUT2D eigenvalue weighted by molar-refractivity contribution is 5.85. The topological polar surface area (TPSA) is 73.5 Å². The fraction of sp³-hybridized carbons (Fsp3) is 0.500. The summed E-state index contributed by atoms with van der Waals surface area (Å²) in [7, 11) is 1.95. The van der Waals surface area contributed by atoms with Crippen LogP contribution in [0.15, 0.2) is 30.3 Å². The van der Waals surface area contributed by atoms with E-state index in [9.17, 15) is 9.59 Å². The fourth-order valence-corrected chi connectivity index (χ4v) is 3.30. The highest BCUT2D eigenvalue weighted by Crippen LogP contribution is 2.24. The maximum Gasteiger partial charge on any atom is 0.240 e. The van der Waals surface area contributed by atoms with Crippen molar-refractivity contribution in [2.75, 3.05) is 26.7 Å². The van der Waals surface area contributed by atoms with E-state index in [2.05, 4.69) is 33.2 Å². The van der Waals surface area contributed by atoms with Crippen LogP contribution in [-0.2, 0) is 16.0 Å². The first kappa shape index (κ1) is 15.0. The van der Waals surface area contributed by atoms with Gasteiger partial charge in [0.05, 0.1) is 17.9 Å². The van der Waals surface area contributed by atoms with Crippen LogP contribution in [0.1, 0.15) is 5.56 Å². The quantitative estimate of drug-likeness (QED) is 0.703. The highest BCUT2D eigenvalue weighted by atomic mass is 16.2. The number of nitrogens with zero attached hydrogens (tertiary/aromatic N) is 1. The molecule has 2 amide bonds. The average Bonchev–Trinajstić information content (AvgIpc) is 2.89. The molecule has 0 spiro atoms. The predicted octanol–water partition coefficient (Wildman–Crippen LogP) is -0.474.